The van der Waals surface area contributed by atoms with Crippen molar-refractivity contribution >= 4 is 27.5 Å². The van der Waals surface area contributed by atoms with Gasteiger partial charge in [-0.1, -0.05) is 12.1 Å². The standard InChI is InChI=1S/C23H25FN2O6S/c1-25(2)33(30,31)18-11-7-16(8-12-18)21(27)19-20(15-5-9-17(24)10-6-15)26(13-4-14-32-3)23(29)22(19)28/h5-12,20,27H,4,13-14H2,1-3H3/t20-/m0/s1. The summed E-state index contributed by atoms with van der Waals surface area (Å²) in [5, 5.41) is 11.0. The van der Waals surface area contributed by atoms with Gasteiger partial charge in [0.25, 0.3) is 11.7 Å². The number of hydrogen-bond acceptors (Lipinski definition) is 6. The van der Waals surface area contributed by atoms with Crippen molar-refractivity contribution in [3.8, 4) is 0 Å². The summed E-state index contributed by atoms with van der Waals surface area (Å²) in [5.41, 5.74) is 0.489. The lowest BCUT2D eigenvalue weighted by Gasteiger charge is -2.25. The van der Waals surface area contributed by atoms with Crippen molar-refractivity contribution in [2.75, 3.05) is 34.4 Å². The number of carbonyl (C=O) groups is 2. The number of ketones is 1. The fourth-order valence-electron chi connectivity index (χ4n) is 3.63. The van der Waals surface area contributed by atoms with Crippen LogP contribution in [0.15, 0.2) is 59.0 Å². The van der Waals surface area contributed by atoms with E-state index in [2.05, 4.69) is 0 Å². The van der Waals surface area contributed by atoms with Crippen molar-refractivity contribution in [3.63, 3.8) is 0 Å². The van der Waals surface area contributed by atoms with E-state index in [1.807, 2.05) is 0 Å². The maximum atomic E-state index is 13.5. The number of hydrogen-bond donors (Lipinski definition) is 1. The molecule has 1 fully saturated rings. The molecule has 1 saturated heterocycles. The second-order valence-corrected chi connectivity index (χ2v) is 9.85. The minimum absolute atomic E-state index is 0.0131. The van der Waals surface area contributed by atoms with Crippen LogP contribution in [0.3, 0.4) is 0 Å². The Morgan fingerprint density at radius 1 is 1.09 bits per heavy atom. The third-order valence-electron chi connectivity index (χ3n) is 5.38. The summed E-state index contributed by atoms with van der Waals surface area (Å²) in [4.78, 5) is 27.0. The van der Waals surface area contributed by atoms with Crippen LogP contribution in [0.1, 0.15) is 23.6 Å². The number of sulfonamides is 1. The molecule has 0 bridgehead atoms. The molecule has 1 aliphatic rings. The van der Waals surface area contributed by atoms with Crippen LogP contribution in [-0.4, -0.2) is 68.8 Å². The summed E-state index contributed by atoms with van der Waals surface area (Å²) >= 11 is 0. The molecule has 3 rings (SSSR count). The fraction of sp³-hybridized carbons (Fsp3) is 0.304. The highest BCUT2D eigenvalue weighted by Gasteiger charge is 2.45. The SMILES string of the molecule is COCCCN1C(=O)C(=O)C(=C(O)c2ccc(S(=O)(=O)N(C)C)cc2)[C@@H]1c1ccc(F)cc1. The summed E-state index contributed by atoms with van der Waals surface area (Å²) in [6, 6.07) is 9.77. The molecule has 0 radical (unpaired) electrons. The van der Waals surface area contributed by atoms with Gasteiger partial charge in [-0.05, 0) is 48.4 Å². The average Bonchev–Trinajstić information content (AvgIpc) is 3.04. The Morgan fingerprint density at radius 3 is 2.24 bits per heavy atom. The first-order valence-corrected chi connectivity index (χ1v) is 11.6. The van der Waals surface area contributed by atoms with Gasteiger partial charge in [0.1, 0.15) is 11.6 Å². The zero-order chi connectivity index (χ0) is 24.3. The van der Waals surface area contributed by atoms with Crippen molar-refractivity contribution in [1.82, 2.24) is 9.21 Å². The van der Waals surface area contributed by atoms with E-state index in [1.54, 1.807) is 0 Å². The normalized spacial score (nSPS) is 18.3. The molecular formula is C23H25FN2O6S. The highest BCUT2D eigenvalue weighted by molar-refractivity contribution is 7.89. The third kappa shape index (κ3) is 4.82. The van der Waals surface area contributed by atoms with Gasteiger partial charge in [-0.2, -0.15) is 0 Å². The zero-order valence-electron chi connectivity index (χ0n) is 18.5. The number of aliphatic hydroxyl groups is 1. The molecule has 0 aliphatic carbocycles. The number of benzene rings is 2. The van der Waals surface area contributed by atoms with Crippen LogP contribution in [0, 0.1) is 5.82 Å². The molecule has 2 aromatic carbocycles. The largest absolute Gasteiger partial charge is 0.507 e. The molecule has 0 saturated carbocycles. The van der Waals surface area contributed by atoms with Crippen molar-refractivity contribution < 1.29 is 32.2 Å². The van der Waals surface area contributed by atoms with E-state index >= 15 is 0 Å². The Bertz CT molecular complexity index is 1170. The summed E-state index contributed by atoms with van der Waals surface area (Å²) in [6.45, 7) is 0.554. The fourth-order valence-corrected chi connectivity index (χ4v) is 4.53. The maximum Gasteiger partial charge on any atom is 0.295 e. The van der Waals surface area contributed by atoms with E-state index in [4.69, 9.17) is 4.74 Å². The summed E-state index contributed by atoms with van der Waals surface area (Å²) in [7, 11) is 0.641. The molecule has 1 aliphatic heterocycles. The molecule has 0 unspecified atom stereocenters. The Hall–Kier alpha value is -3.08. The predicted octanol–water partition coefficient (Wildman–Crippen LogP) is 2.53. The Labute approximate surface area is 191 Å². The van der Waals surface area contributed by atoms with Gasteiger partial charge in [0.15, 0.2) is 0 Å². The number of aliphatic hydroxyl groups excluding tert-OH is 1. The van der Waals surface area contributed by atoms with E-state index in [0.717, 1.165) is 4.31 Å². The second kappa shape index (κ2) is 9.82. The van der Waals surface area contributed by atoms with Crippen molar-refractivity contribution in [2.24, 2.45) is 0 Å². The molecule has 8 nitrogen and oxygen atoms in total. The summed E-state index contributed by atoms with van der Waals surface area (Å²) < 4.78 is 44.2. The number of methoxy groups -OCH3 is 1. The van der Waals surface area contributed by atoms with Crippen LogP contribution in [-0.2, 0) is 24.3 Å². The van der Waals surface area contributed by atoms with Crippen LogP contribution in [0.2, 0.25) is 0 Å². The van der Waals surface area contributed by atoms with E-state index in [9.17, 15) is 27.5 Å². The number of rotatable bonds is 8. The molecule has 10 heteroatoms. The number of nitrogens with zero attached hydrogens (tertiary/aromatic N) is 2. The first-order valence-electron chi connectivity index (χ1n) is 10.2. The molecule has 1 N–H and O–H groups in total. The molecule has 2 aromatic rings. The molecule has 1 heterocycles. The monoisotopic (exact) mass is 476 g/mol. The van der Waals surface area contributed by atoms with Gasteiger partial charge in [-0.25, -0.2) is 17.1 Å². The van der Waals surface area contributed by atoms with Gasteiger partial charge in [0, 0.05) is 39.9 Å². The van der Waals surface area contributed by atoms with Gasteiger partial charge in [-0.15, -0.1) is 0 Å². The molecule has 1 atom stereocenters. The maximum absolute atomic E-state index is 13.5. The zero-order valence-corrected chi connectivity index (χ0v) is 19.3. The number of Topliss-reactive ketones (excluding diaryl/α,β-unsaturated/α-hetero) is 1. The van der Waals surface area contributed by atoms with Gasteiger partial charge >= 0.3 is 0 Å². The second-order valence-electron chi connectivity index (χ2n) is 7.70. The van der Waals surface area contributed by atoms with Crippen LogP contribution in [0.5, 0.6) is 0 Å². The topological polar surface area (TPSA) is 104 Å². The van der Waals surface area contributed by atoms with E-state index in [0.29, 0.717) is 18.6 Å². The van der Waals surface area contributed by atoms with Gasteiger partial charge < -0.3 is 14.7 Å². The van der Waals surface area contributed by atoms with Crippen molar-refractivity contribution in [3.05, 3.63) is 71.0 Å². The Balaban J connectivity index is 2.09. The smallest absolute Gasteiger partial charge is 0.295 e. The minimum atomic E-state index is -3.68. The number of carbonyl (C=O) groups excluding carboxylic acids is 2. The van der Waals surface area contributed by atoms with Crippen molar-refractivity contribution in [1.29, 1.82) is 0 Å². The van der Waals surface area contributed by atoms with Gasteiger partial charge in [-0.3, -0.25) is 9.59 Å². The Kier molecular flexibility index (Phi) is 7.31. The Morgan fingerprint density at radius 2 is 1.70 bits per heavy atom. The molecule has 0 spiro atoms. The molecule has 33 heavy (non-hydrogen) atoms. The van der Waals surface area contributed by atoms with E-state index in [1.165, 1.54) is 74.6 Å². The molecule has 1 amide bonds. The average molecular weight is 477 g/mol. The minimum Gasteiger partial charge on any atom is -0.507 e. The predicted molar refractivity (Wildman–Crippen MR) is 119 cm³/mol. The first-order chi connectivity index (χ1) is 15.6. The lowest BCUT2D eigenvalue weighted by molar-refractivity contribution is -0.140. The van der Waals surface area contributed by atoms with Crippen LogP contribution in [0.4, 0.5) is 4.39 Å². The van der Waals surface area contributed by atoms with Crippen LogP contribution >= 0.6 is 0 Å². The first kappa shape index (κ1) is 24.6. The number of amides is 1. The van der Waals surface area contributed by atoms with Crippen molar-refractivity contribution in [2.45, 2.75) is 17.4 Å². The lowest BCUT2D eigenvalue weighted by atomic mass is 9.95. The molecular weight excluding hydrogens is 451 g/mol. The summed E-state index contributed by atoms with van der Waals surface area (Å²) in [6.07, 6.45) is 0.457. The highest BCUT2D eigenvalue weighted by Crippen LogP contribution is 2.39. The van der Waals surface area contributed by atoms with Crippen LogP contribution < -0.4 is 0 Å². The quantitative estimate of drug-likeness (QED) is 0.272. The van der Waals surface area contributed by atoms with E-state index < -0.39 is 39.3 Å². The van der Waals surface area contributed by atoms with Gasteiger partial charge in [0.2, 0.25) is 10.0 Å². The number of ether oxygens (including phenoxy) is 1. The van der Waals surface area contributed by atoms with Crippen LogP contribution in [0.25, 0.3) is 5.76 Å². The number of likely N-dealkylation sites (tertiary alicyclic amines) is 1. The van der Waals surface area contributed by atoms with Gasteiger partial charge in [0.05, 0.1) is 16.5 Å². The lowest BCUT2D eigenvalue weighted by Crippen LogP contribution is -2.31. The molecule has 0 aromatic heterocycles. The highest BCUT2D eigenvalue weighted by atomic mass is 32.2. The van der Waals surface area contributed by atoms with E-state index in [-0.39, 0.29) is 22.6 Å². The number of halogens is 1. The summed E-state index contributed by atoms with van der Waals surface area (Å²) in [5.74, 6) is -2.57. The molecule has 176 valence electrons. The third-order valence-corrected chi connectivity index (χ3v) is 7.21.